The van der Waals surface area contributed by atoms with Crippen molar-refractivity contribution < 1.29 is 13.2 Å². The minimum Gasteiger partial charge on any atom is -0.322 e. The Balaban J connectivity index is 1.37. The number of likely N-dealkylation sites (tertiary alicyclic amines) is 1. The third-order valence-electron chi connectivity index (χ3n) is 6.14. The predicted molar refractivity (Wildman–Crippen MR) is 123 cm³/mol. The average Bonchev–Trinajstić information content (AvgIpc) is 3.12. The Kier molecular flexibility index (Phi) is 7.05. The number of hydrogen-bond acceptors (Lipinski definition) is 4. The normalized spacial score (nSPS) is 18.6. The standard InChI is InChI=1S/C24H31N3O3S/c28-24(21-9-7-20(8-10-21)19-26-15-5-6-16-26)25-22-11-13-23(14-12-22)31(29,30)27-17-3-1-2-4-18-27/h7-14H,1-6,15-19H2,(H,25,28). The first-order valence-corrected chi connectivity index (χ1v) is 12.7. The molecule has 2 aromatic carbocycles. The summed E-state index contributed by atoms with van der Waals surface area (Å²) in [5.74, 6) is -0.198. The summed E-state index contributed by atoms with van der Waals surface area (Å²) in [4.78, 5) is 15.3. The first kappa shape index (κ1) is 22.0. The van der Waals surface area contributed by atoms with Gasteiger partial charge < -0.3 is 5.32 Å². The first-order valence-electron chi connectivity index (χ1n) is 11.3. The van der Waals surface area contributed by atoms with Crippen LogP contribution in [0.3, 0.4) is 0 Å². The molecule has 0 bridgehead atoms. The van der Waals surface area contributed by atoms with Crippen molar-refractivity contribution in [3.63, 3.8) is 0 Å². The van der Waals surface area contributed by atoms with Crippen molar-refractivity contribution in [1.82, 2.24) is 9.21 Å². The number of nitrogens with one attached hydrogen (secondary N) is 1. The van der Waals surface area contributed by atoms with Crippen LogP contribution in [0.1, 0.15) is 54.4 Å². The molecule has 0 radical (unpaired) electrons. The van der Waals surface area contributed by atoms with E-state index in [0.29, 0.717) is 24.3 Å². The summed E-state index contributed by atoms with van der Waals surface area (Å²) in [5, 5.41) is 2.86. The lowest BCUT2D eigenvalue weighted by atomic mass is 10.1. The Hall–Kier alpha value is -2.22. The molecule has 2 saturated heterocycles. The van der Waals surface area contributed by atoms with Crippen LogP contribution in [0, 0.1) is 0 Å². The molecule has 1 amide bonds. The highest BCUT2D eigenvalue weighted by Crippen LogP contribution is 2.22. The second-order valence-corrected chi connectivity index (χ2v) is 10.4. The van der Waals surface area contributed by atoms with Gasteiger partial charge in [-0.3, -0.25) is 9.69 Å². The molecule has 0 aromatic heterocycles. The van der Waals surface area contributed by atoms with Crippen LogP contribution >= 0.6 is 0 Å². The van der Waals surface area contributed by atoms with E-state index in [1.807, 2.05) is 24.3 Å². The Morgan fingerprint density at radius 3 is 1.97 bits per heavy atom. The van der Waals surface area contributed by atoms with Crippen LogP contribution in [0.2, 0.25) is 0 Å². The summed E-state index contributed by atoms with van der Waals surface area (Å²) in [6.45, 7) is 4.37. The van der Waals surface area contributed by atoms with Crippen LogP contribution in [0.25, 0.3) is 0 Å². The second-order valence-electron chi connectivity index (χ2n) is 8.48. The van der Waals surface area contributed by atoms with Gasteiger partial charge in [-0.15, -0.1) is 0 Å². The van der Waals surface area contributed by atoms with Crippen molar-refractivity contribution in [2.75, 3.05) is 31.5 Å². The number of anilines is 1. The number of rotatable bonds is 6. The molecule has 4 rings (SSSR count). The molecule has 6 nitrogen and oxygen atoms in total. The SMILES string of the molecule is O=C(Nc1ccc(S(=O)(=O)N2CCCCCC2)cc1)c1ccc(CN2CCCC2)cc1. The highest BCUT2D eigenvalue weighted by Gasteiger charge is 2.25. The van der Waals surface area contributed by atoms with Gasteiger partial charge in [-0.25, -0.2) is 8.42 Å². The number of amides is 1. The Labute approximate surface area is 185 Å². The van der Waals surface area contributed by atoms with Crippen molar-refractivity contribution in [3.8, 4) is 0 Å². The Morgan fingerprint density at radius 1 is 0.774 bits per heavy atom. The van der Waals surface area contributed by atoms with Gasteiger partial charge in [0, 0.05) is 30.9 Å². The van der Waals surface area contributed by atoms with E-state index in [9.17, 15) is 13.2 Å². The molecule has 7 heteroatoms. The molecule has 0 saturated carbocycles. The molecule has 2 aliphatic rings. The minimum absolute atomic E-state index is 0.198. The number of hydrogen-bond donors (Lipinski definition) is 1. The summed E-state index contributed by atoms with van der Waals surface area (Å²) >= 11 is 0. The molecule has 0 aliphatic carbocycles. The lowest BCUT2D eigenvalue weighted by Crippen LogP contribution is -2.31. The van der Waals surface area contributed by atoms with Gasteiger partial charge in [0.15, 0.2) is 0 Å². The van der Waals surface area contributed by atoms with Gasteiger partial charge in [0.05, 0.1) is 4.90 Å². The zero-order valence-electron chi connectivity index (χ0n) is 17.9. The van der Waals surface area contributed by atoms with Crippen LogP contribution in [0.5, 0.6) is 0 Å². The molecule has 0 spiro atoms. The smallest absolute Gasteiger partial charge is 0.255 e. The van der Waals surface area contributed by atoms with Gasteiger partial charge in [-0.2, -0.15) is 4.31 Å². The third kappa shape index (κ3) is 5.53. The first-order chi connectivity index (χ1) is 15.0. The zero-order valence-corrected chi connectivity index (χ0v) is 18.7. The van der Waals surface area contributed by atoms with Crippen molar-refractivity contribution in [2.24, 2.45) is 0 Å². The molecule has 2 heterocycles. The van der Waals surface area contributed by atoms with Gasteiger partial charge in [0.1, 0.15) is 0 Å². The minimum atomic E-state index is -3.48. The van der Waals surface area contributed by atoms with Crippen molar-refractivity contribution in [3.05, 3.63) is 59.7 Å². The van der Waals surface area contributed by atoms with E-state index in [1.54, 1.807) is 28.6 Å². The molecule has 2 aliphatic heterocycles. The van der Waals surface area contributed by atoms with E-state index in [-0.39, 0.29) is 10.8 Å². The van der Waals surface area contributed by atoms with Crippen LogP contribution in [0.4, 0.5) is 5.69 Å². The summed E-state index contributed by atoms with van der Waals surface area (Å²) in [7, 11) is -3.48. The molecule has 0 atom stereocenters. The van der Waals surface area contributed by atoms with Crippen LogP contribution < -0.4 is 5.32 Å². The van der Waals surface area contributed by atoms with Crippen LogP contribution in [-0.4, -0.2) is 49.7 Å². The van der Waals surface area contributed by atoms with Crippen LogP contribution in [-0.2, 0) is 16.6 Å². The molecule has 2 aromatic rings. The molecule has 2 fully saturated rings. The number of nitrogens with zero attached hydrogens (tertiary/aromatic N) is 2. The molecule has 31 heavy (non-hydrogen) atoms. The summed E-state index contributed by atoms with van der Waals surface area (Å²) in [5.41, 5.74) is 2.38. The number of benzene rings is 2. The summed E-state index contributed by atoms with van der Waals surface area (Å²) in [6.07, 6.45) is 6.50. The topological polar surface area (TPSA) is 69.7 Å². The van der Waals surface area contributed by atoms with Gasteiger partial charge in [0.25, 0.3) is 5.91 Å². The molecule has 0 unspecified atom stereocenters. The fourth-order valence-corrected chi connectivity index (χ4v) is 5.82. The lowest BCUT2D eigenvalue weighted by Gasteiger charge is -2.20. The fraction of sp³-hybridized carbons (Fsp3) is 0.458. The maximum atomic E-state index is 12.9. The molecular weight excluding hydrogens is 410 g/mol. The van der Waals surface area contributed by atoms with E-state index >= 15 is 0 Å². The maximum Gasteiger partial charge on any atom is 0.255 e. The monoisotopic (exact) mass is 441 g/mol. The Morgan fingerprint density at radius 2 is 1.35 bits per heavy atom. The van der Waals surface area contributed by atoms with Gasteiger partial charge >= 0.3 is 0 Å². The highest BCUT2D eigenvalue weighted by molar-refractivity contribution is 7.89. The number of carbonyl (C=O) groups is 1. The number of carbonyl (C=O) groups excluding carboxylic acids is 1. The largest absolute Gasteiger partial charge is 0.322 e. The highest BCUT2D eigenvalue weighted by atomic mass is 32.2. The van der Waals surface area contributed by atoms with Crippen molar-refractivity contribution in [2.45, 2.75) is 50.0 Å². The molecule has 1 N–H and O–H groups in total. The second kappa shape index (κ2) is 9.94. The predicted octanol–water partition coefficient (Wildman–Crippen LogP) is 4.10. The van der Waals surface area contributed by atoms with Gasteiger partial charge in [-0.1, -0.05) is 25.0 Å². The van der Waals surface area contributed by atoms with E-state index in [4.69, 9.17) is 0 Å². The van der Waals surface area contributed by atoms with Gasteiger partial charge in [-0.05, 0) is 80.7 Å². The van der Waals surface area contributed by atoms with Crippen LogP contribution in [0.15, 0.2) is 53.4 Å². The quantitative estimate of drug-likeness (QED) is 0.733. The summed E-state index contributed by atoms with van der Waals surface area (Å²) in [6, 6.07) is 14.2. The van der Waals surface area contributed by atoms with E-state index in [0.717, 1.165) is 45.3 Å². The van der Waals surface area contributed by atoms with Gasteiger partial charge in [0.2, 0.25) is 10.0 Å². The zero-order chi connectivity index (χ0) is 21.7. The number of sulfonamides is 1. The average molecular weight is 442 g/mol. The van der Waals surface area contributed by atoms with E-state index in [2.05, 4.69) is 10.2 Å². The fourth-order valence-electron chi connectivity index (χ4n) is 4.31. The Bertz CT molecular complexity index is 974. The van der Waals surface area contributed by atoms with E-state index < -0.39 is 10.0 Å². The van der Waals surface area contributed by atoms with E-state index in [1.165, 1.54) is 18.4 Å². The van der Waals surface area contributed by atoms with Crippen molar-refractivity contribution >= 4 is 21.6 Å². The molecule has 166 valence electrons. The van der Waals surface area contributed by atoms with Crippen molar-refractivity contribution in [1.29, 1.82) is 0 Å². The lowest BCUT2D eigenvalue weighted by molar-refractivity contribution is 0.102. The summed E-state index contributed by atoms with van der Waals surface area (Å²) < 4.78 is 27.4. The maximum absolute atomic E-state index is 12.9. The third-order valence-corrected chi connectivity index (χ3v) is 8.05. The molecular formula is C24H31N3O3S.